The molecule has 5 aliphatic rings. The highest BCUT2D eigenvalue weighted by Crippen LogP contribution is 2.45. The molecule has 1 unspecified atom stereocenters. The highest BCUT2D eigenvalue weighted by atomic mass is 16.6. The predicted octanol–water partition coefficient (Wildman–Crippen LogP) is 1.95. The number of ether oxygens (including phenoxy) is 4. The van der Waals surface area contributed by atoms with Crippen molar-refractivity contribution in [2.75, 3.05) is 32.9 Å². The summed E-state index contributed by atoms with van der Waals surface area (Å²) in [6.07, 6.45) is 7.15. The van der Waals surface area contributed by atoms with Crippen molar-refractivity contribution in [2.24, 2.45) is 23.7 Å². The molecule has 8 atom stereocenters. The van der Waals surface area contributed by atoms with Gasteiger partial charge in [0, 0.05) is 31.8 Å². The third-order valence-corrected chi connectivity index (χ3v) is 10.8. The van der Waals surface area contributed by atoms with E-state index in [1.165, 1.54) is 18.2 Å². The highest BCUT2D eigenvalue weighted by molar-refractivity contribution is 6.24. The lowest BCUT2D eigenvalue weighted by molar-refractivity contribution is -0.160. The van der Waals surface area contributed by atoms with Crippen molar-refractivity contribution < 1.29 is 57.6 Å². The molecule has 6 rings (SSSR count). The van der Waals surface area contributed by atoms with E-state index in [1.807, 2.05) is 0 Å². The minimum Gasteiger partial charge on any atom is -0.483 e. The minimum absolute atomic E-state index is 0.00457. The molecule has 2 fully saturated rings. The largest absolute Gasteiger partial charge is 0.483 e. The second-order valence-electron chi connectivity index (χ2n) is 14.8. The van der Waals surface area contributed by atoms with Gasteiger partial charge in [0.15, 0.2) is 6.61 Å². The molecule has 2 saturated heterocycles. The number of hydrogen-bond acceptors (Lipinski definition) is 12. The number of carbonyl (C=O) groups excluding carboxylic acids is 7. The quantitative estimate of drug-likeness (QED) is 0.122. The van der Waals surface area contributed by atoms with Gasteiger partial charge in [0.05, 0.1) is 36.9 Å². The molecule has 4 N–H and O–H groups in total. The van der Waals surface area contributed by atoms with E-state index >= 15 is 0 Å². The lowest BCUT2D eigenvalue weighted by Gasteiger charge is -2.43. The number of hydrogen-bond donors (Lipinski definition) is 4. The Morgan fingerprint density at radius 3 is 2.56 bits per heavy atom. The van der Waals surface area contributed by atoms with Crippen molar-refractivity contribution in [3.63, 3.8) is 0 Å². The van der Waals surface area contributed by atoms with Crippen LogP contribution in [0.25, 0.3) is 0 Å². The van der Waals surface area contributed by atoms with Crippen LogP contribution in [0.4, 0.5) is 4.79 Å². The zero-order valence-corrected chi connectivity index (χ0v) is 31.0. The number of rotatable bonds is 14. The number of carbonyl (C=O) groups is 7. The molecule has 6 amide bonds. The second kappa shape index (κ2) is 17.6. The molecule has 0 radical (unpaired) electrons. The maximum atomic E-state index is 13.2. The monoisotopic (exact) mass is 764 g/mol. The van der Waals surface area contributed by atoms with E-state index < -0.39 is 54.4 Å². The Hall–Kier alpha value is -5.09. The van der Waals surface area contributed by atoms with Crippen LogP contribution in [0.2, 0.25) is 0 Å². The number of nitrogens with zero attached hydrogens (tertiary/aromatic N) is 1. The van der Waals surface area contributed by atoms with E-state index in [-0.39, 0.29) is 104 Å². The van der Waals surface area contributed by atoms with Gasteiger partial charge in [-0.2, -0.15) is 0 Å². The molecule has 1 aromatic rings. The van der Waals surface area contributed by atoms with E-state index in [9.17, 15) is 38.7 Å². The molecule has 296 valence electrons. The first-order valence-corrected chi connectivity index (χ1v) is 18.9. The molecule has 3 heterocycles. The van der Waals surface area contributed by atoms with Gasteiger partial charge in [0.2, 0.25) is 11.8 Å². The standard InChI is InChI=1S/C39H48N4O12/c1-21-16-23-7-6-22(2)26(9-8-25-18-24(44)19-33(47)54-25)34(23)30(17-21)55-39(51)41-13-15-52-14-12-40-32(46)20-53-29-5-3-4-27-35(29)38(50)43(37(27)49)28-10-11-31(45)42-36(28)48/h3-7,16,21-22,24-26,28,30,34,44H,8-15,17-20H2,1-2H3,(H,40,46)(H,41,51)(H,42,45,48)/t21-,22-,24+,25+,26-,28?,30-,34-/m0/s1. The second-order valence-corrected chi connectivity index (χ2v) is 14.8. The number of imide groups is 2. The first-order chi connectivity index (χ1) is 26.4. The van der Waals surface area contributed by atoms with Crippen LogP contribution in [0.1, 0.15) is 79.5 Å². The molecular formula is C39H48N4O12. The minimum atomic E-state index is -1.12. The van der Waals surface area contributed by atoms with E-state index in [2.05, 4.69) is 48.0 Å². The maximum Gasteiger partial charge on any atom is 0.407 e. The van der Waals surface area contributed by atoms with Gasteiger partial charge in [0.25, 0.3) is 17.7 Å². The average molecular weight is 765 g/mol. The van der Waals surface area contributed by atoms with Crippen LogP contribution in [-0.4, -0.2) is 109 Å². The van der Waals surface area contributed by atoms with Crippen LogP contribution in [0.15, 0.2) is 42.0 Å². The zero-order chi connectivity index (χ0) is 39.2. The molecule has 0 aromatic heterocycles. The van der Waals surface area contributed by atoms with Gasteiger partial charge in [-0.3, -0.25) is 39.0 Å². The van der Waals surface area contributed by atoms with E-state index in [0.29, 0.717) is 19.3 Å². The van der Waals surface area contributed by atoms with Gasteiger partial charge >= 0.3 is 12.1 Å². The lowest BCUT2D eigenvalue weighted by atomic mass is 9.65. The Morgan fingerprint density at radius 2 is 1.80 bits per heavy atom. The highest BCUT2D eigenvalue weighted by Gasteiger charge is 2.46. The fraction of sp³-hybridized carbons (Fsp3) is 0.564. The maximum absolute atomic E-state index is 13.2. The Bertz CT molecular complexity index is 1760. The third kappa shape index (κ3) is 9.42. The first-order valence-electron chi connectivity index (χ1n) is 18.9. The lowest BCUT2D eigenvalue weighted by Crippen LogP contribution is -2.54. The number of aliphatic hydroxyl groups excluding tert-OH is 1. The molecule has 1 aromatic carbocycles. The summed E-state index contributed by atoms with van der Waals surface area (Å²) < 4.78 is 22.6. The van der Waals surface area contributed by atoms with Crippen LogP contribution in [0, 0.1) is 23.7 Å². The van der Waals surface area contributed by atoms with Crippen molar-refractivity contribution in [1.29, 1.82) is 0 Å². The summed E-state index contributed by atoms with van der Waals surface area (Å²) in [6, 6.07) is 3.27. The number of allylic oxidation sites excluding steroid dienone is 3. The van der Waals surface area contributed by atoms with E-state index in [4.69, 9.17) is 18.9 Å². The molecule has 0 bridgehead atoms. The molecule has 3 aliphatic heterocycles. The first kappa shape index (κ1) is 39.6. The fourth-order valence-corrected chi connectivity index (χ4v) is 8.21. The summed E-state index contributed by atoms with van der Waals surface area (Å²) >= 11 is 0. The van der Waals surface area contributed by atoms with Gasteiger partial charge in [0.1, 0.15) is 24.0 Å². The van der Waals surface area contributed by atoms with Gasteiger partial charge in [-0.1, -0.05) is 38.1 Å². The summed E-state index contributed by atoms with van der Waals surface area (Å²) in [4.78, 5) is 88.2. The average Bonchev–Trinajstić information content (AvgIpc) is 3.38. The number of amides is 6. The van der Waals surface area contributed by atoms with Crippen LogP contribution >= 0.6 is 0 Å². The normalized spacial score (nSPS) is 28.7. The smallest absolute Gasteiger partial charge is 0.407 e. The van der Waals surface area contributed by atoms with Gasteiger partial charge < -0.3 is 34.7 Å². The summed E-state index contributed by atoms with van der Waals surface area (Å²) in [5, 5.41) is 17.6. The number of piperidine rings is 1. The fourth-order valence-electron chi connectivity index (χ4n) is 8.21. The number of fused-ring (bicyclic) bond motifs is 2. The Labute approximate surface area is 318 Å². The number of nitrogens with one attached hydrogen (secondary N) is 3. The summed E-state index contributed by atoms with van der Waals surface area (Å²) in [5.74, 6) is -2.87. The van der Waals surface area contributed by atoms with Gasteiger partial charge in [-0.25, -0.2) is 4.79 Å². The molecule has 16 heteroatoms. The van der Waals surface area contributed by atoms with Crippen molar-refractivity contribution in [2.45, 2.75) is 83.1 Å². The van der Waals surface area contributed by atoms with Crippen molar-refractivity contribution >= 4 is 41.6 Å². The molecule has 0 spiro atoms. The number of benzene rings is 1. The Kier molecular flexibility index (Phi) is 12.7. The predicted molar refractivity (Wildman–Crippen MR) is 192 cm³/mol. The molecule has 55 heavy (non-hydrogen) atoms. The summed E-state index contributed by atoms with van der Waals surface area (Å²) in [7, 11) is 0. The molecule has 0 saturated carbocycles. The van der Waals surface area contributed by atoms with Gasteiger partial charge in [-0.05, 0) is 61.1 Å². The van der Waals surface area contributed by atoms with Gasteiger partial charge in [-0.15, -0.1) is 0 Å². The Morgan fingerprint density at radius 1 is 1.02 bits per heavy atom. The summed E-state index contributed by atoms with van der Waals surface area (Å²) in [5.41, 5.74) is 1.13. The number of esters is 1. The topological polar surface area (TPSA) is 216 Å². The molecular weight excluding hydrogens is 716 g/mol. The van der Waals surface area contributed by atoms with Crippen LogP contribution in [0.5, 0.6) is 5.75 Å². The SMILES string of the molecule is C[C@H]1C=C2C=C[C@H](C)[C@H](CC[C@@H]3C[C@@H](O)CC(=O)O3)[C@H]2[C@@H](OC(=O)NCCOCCNC(=O)COc2cccc3c2C(=O)N(C2CCC(=O)NC2=O)C3=O)C1. The molecule has 16 nitrogen and oxygen atoms in total. The molecule has 2 aliphatic carbocycles. The van der Waals surface area contributed by atoms with E-state index in [1.54, 1.807) is 0 Å². The van der Waals surface area contributed by atoms with Crippen LogP contribution in [-0.2, 0) is 33.4 Å². The zero-order valence-electron chi connectivity index (χ0n) is 31.0. The number of cyclic esters (lactones) is 1. The number of aliphatic hydroxyl groups is 1. The number of alkyl carbamates (subject to hydrolysis) is 1. The third-order valence-electron chi connectivity index (χ3n) is 10.8. The van der Waals surface area contributed by atoms with Crippen LogP contribution < -0.4 is 20.7 Å². The van der Waals surface area contributed by atoms with Crippen LogP contribution in [0.3, 0.4) is 0 Å². The summed E-state index contributed by atoms with van der Waals surface area (Å²) in [6.45, 7) is 4.42. The van der Waals surface area contributed by atoms with Crippen molar-refractivity contribution in [3.05, 3.63) is 53.1 Å². The van der Waals surface area contributed by atoms with Crippen molar-refractivity contribution in [3.8, 4) is 5.75 Å². The van der Waals surface area contributed by atoms with E-state index in [0.717, 1.165) is 16.9 Å². The van der Waals surface area contributed by atoms with Crippen molar-refractivity contribution in [1.82, 2.24) is 20.9 Å². The Balaban J connectivity index is 0.897.